The van der Waals surface area contributed by atoms with E-state index < -0.39 is 0 Å². The highest BCUT2D eigenvalue weighted by Gasteiger charge is 2.37. The summed E-state index contributed by atoms with van der Waals surface area (Å²) in [5, 5.41) is 7.19. The van der Waals surface area contributed by atoms with Gasteiger partial charge in [0.05, 0.1) is 5.56 Å². The Bertz CT molecular complexity index is 506. The van der Waals surface area contributed by atoms with Gasteiger partial charge in [-0.25, -0.2) is 0 Å². The summed E-state index contributed by atoms with van der Waals surface area (Å²) < 4.78 is 10.8. The molecule has 2 aliphatic heterocycles. The van der Waals surface area contributed by atoms with Crippen molar-refractivity contribution in [2.75, 3.05) is 40.0 Å². The number of thiophene rings is 1. The Morgan fingerprint density at radius 1 is 1.42 bits per heavy atom. The summed E-state index contributed by atoms with van der Waals surface area (Å²) in [4.78, 5) is 15.1. The van der Waals surface area contributed by atoms with Gasteiger partial charge in [0.1, 0.15) is 0 Å². The first-order valence-corrected chi connectivity index (χ1v) is 9.82. The van der Waals surface area contributed by atoms with Crippen LogP contribution in [-0.4, -0.2) is 62.4 Å². The minimum Gasteiger partial charge on any atom is -0.385 e. The number of likely N-dealkylation sites (tertiary alicyclic amines) is 1. The van der Waals surface area contributed by atoms with Crippen molar-refractivity contribution in [1.29, 1.82) is 0 Å². The lowest BCUT2D eigenvalue weighted by Crippen LogP contribution is -2.57. The van der Waals surface area contributed by atoms with E-state index in [0.717, 1.165) is 64.0 Å². The third-order valence-corrected chi connectivity index (χ3v) is 6.09. The number of hydrogen-bond acceptors (Lipinski definition) is 5. The van der Waals surface area contributed by atoms with Crippen LogP contribution in [0.4, 0.5) is 0 Å². The van der Waals surface area contributed by atoms with Crippen LogP contribution in [0.2, 0.25) is 0 Å². The maximum atomic E-state index is 12.6. The second kappa shape index (κ2) is 8.43. The number of carbonyl (C=O) groups excluding carboxylic acids is 1. The van der Waals surface area contributed by atoms with Crippen LogP contribution in [0.1, 0.15) is 42.5 Å². The fourth-order valence-electron chi connectivity index (χ4n) is 3.81. The number of nitrogens with zero attached hydrogens (tertiary/aromatic N) is 1. The molecule has 0 aliphatic carbocycles. The molecule has 3 rings (SSSR count). The van der Waals surface area contributed by atoms with Gasteiger partial charge in [-0.15, -0.1) is 0 Å². The van der Waals surface area contributed by atoms with Crippen molar-refractivity contribution in [1.82, 2.24) is 10.2 Å². The summed E-state index contributed by atoms with van der Waals surface area (Å²) in [6.45, 7) is 4.52. The number of hydrogen-bond donors (Lipinski definition) is 1. The lowest BCUT2D eigenvalue weighted by atomic mass is 9.83. The predicted octanol–water partition coefficient (Wildman–Crippen LogP) is 2.53. The Balaban J connectivity index is 1.61. The smallest absolute Gasteiger partial charge is 0.252 e. The number of piperidine rings is 1. The first-order chi connectivity index (χ1) is 11.7. The molecule has 0 aromatic carbocycles. The van der Waals surface area contributed by atoms with Crippen molar-refractivity contribution in [3.05, 3.63) is 22.4 Å². The van der Waals surface area contributed by atoms with Gasteiger partial charge < -0.3 is 19.7 Å². The Kier molecular flexibility index (Phi) is 6.27. The van der Waals surface area contributed by atoms with Crippen molar-refractivity contribution >= 4 is 17.2 Å². The molecule has 6 heteroatoms. The molecule has 2 fully saturated rings. The third kappa shape index (κ3) is 4.36. The molecule has 0 spiro atoms. The molecule has 0 unspecified atom stereocenters. The van der Waals surface area contributed by atoms with Crippen molar-refractivity contribution in [3.63, 3.8) is 0 Å². The SMILES string of the molecule is COCCC1(NC(=O)c2ccsc2)CCN(C2CCOCC2)CC1. The molecule has 0 saturated carbocycles. The Labute approximate surface area is 148 Å². The van der Waals surface area contributed by atoms with Crippen LogP contribution in [0, 0.1) is 0 Å². The number of nitrogens with one attached hydrogen (secondary N) is 1. The van der Waals surface area contributed by atoms with Crippen molar-refractivity contribution in [3.8, 4) is 0 Å². The van der Waals surface area contributed by atoms with Gasteiger partial charge in [-0.05, 0) is 43.6 Å². The van der Waals surface area contributed by atoms with Gasteiger partial charge in [-0.2, -0.15) is 11.3 Å². The normalized spacial score (nSPS) is 22.4. The van der Waals surface area contributed by atoms with E-state index in [0.29, 0.717) is 12.6 Å². The van der Waals surface area contributed by atoms with E-state index in [9.17, 15) is 4.79 Å². The van der Waals surface area contributed by atoms with E-state index in [1.54, 1.807) is 18.4 Å². The van der Waals surface area contributed by atoms with E-state index >= 15 is 0 Å². The summed E-state index contributed by atoms with van der Waals surface area (Å²) in [5.74, 6) is 0.0480. The molecule has 24 heavy (non-hydrogen) atoms. The van der Waals surface area contributed by atoms with Crippen molar-refractivity contribution in [2.45, 2.75) is 43.7 Å². The minimum absolute atomic E-state index is 0.0480. The molecule has 134 valence electrons. The van der Waals surface area contributed by atoms with E-state index in [1.807, 2.05) is 16.8 Å². The summed E-state index contributed by atoms with van der Waals surface area (Å²) in [5.41, 5.74) is 0.625. The van der Waals surface area contributed by atoms with Crippen molar-refractivity contribution in [2.24, 2.45) is 0 Å². The molecule has 0 bridgehead atoms. The molecule has 2 aliphatic rings. The summed E-state index contributed by atoms with van der Waals surface area (Å²) >= 11 is 1.56. The number of amides is 1. The standard InChI is InChI=1S/C18H28N2O3S/c1-22-12-7-18(19-17(21)15-4-13-24-14-15)5-8-20(9-6-18)16-2-10-23-11-3-16/h4,13-14,16H,2-3,5-12H2,1H3,(H,19,21). The third-order valence-electron chi connectivity index (χ3n) is 5.41. The van der Waals surface area contributed by atoms with Gasteiger partial charge in [0.2, 0.25) is 0 Å². The highest BCUT2D eigenvalue weighted by Crippen LogP contribution is 2.29. The maximum absolute atomic E-state index is 12.6. The first-order valence-electron chi connectivity index (χ1n) is 8.88. The summed E-state index contributed by atoms with van der Waals surface area (Å²) in [6, 6.07) is 2.54. The Morgan fingerprint density at radius 3 is 2.79 bits per heavy atom. The Morgan fingerprint density at radius 2 is 2.17 bits per heavy atom. The monoisotopic (exact) mass is 352 g/mol. The second-order valence-electron chi connectivity index (χ2n) is 6.87. The van der Waals surface area contributed by atoms with Crippen molar-refractivity contribution < 1.29 is 14.3 Å². The number of rotatable bonds is 6. The molecule has 5 nitrogen and oxygen atoms in total. The van der Waals surface area contributed by atoms with Gasteiger partial charge in [0.15, 0.2) is 0 Å². The van der Waals surface area contributed by atoms with Crippen LogP contribution in [0.15, 0.2) is 16.8 Å². The zero-order chi connectivity index (χ0) is 16.8. The average molecular weight is 353 g/mol. The minimum atomic E-state index is -0.142. The van der Waals surface area contributed by atoms with Crippen LogP contribution >= 0.6 is 11.3 Å². The van der Waals surface area contributed by atoms with Gasteiger partial charge in [-0.1, -0.05) is 0 Å². The molecule has 1 aromatic heterocycles. The van der Waals surface area contributed by atoms with Crippen LogP contribution in [0.25, 0.3) is 0 Å². The molecule has 1 N–H and O–H groups in total. The quantitative estimate of drug-likeness (QED) is 0.855. The number of ether oxygens (including phenoxy) is 2. The fraction of sp³-hybridized carbons (Fsp3) is 0.722. The number of methoxy groups -OCH3 is 1. The summed E-state index contributed by atoms with van der Waals surface area (Å²) in [7, 11) is 1.73. The molecule has 2 saturated heterocycles. The van der Waals surface area contributed by atoms with Crippen LogP contribution < -0.4 is 5.32 Å². The second-order valence-corrected chi connectivity index (χ2v) is 7.65. The average Bonchev–Trinajstić information content (AvgIpc) is 3.16. The zero-order valence-electron chi connectivity index (χ0n) is 14.5. The molecule has 1 amide bonds. The van der Waals surface area contributed by atoms with E-state index in [1.165, 1.54) is 0 Å². The van der Waals surface area contributed by atoms with Gasteiger partial charge >= 0.3 is 0 Å². The van der Waals surface area contributed by atoms with Crippen LogP contribution in [0.3, 0.4) is 0 Å². The molecule has 3 heterocycles. The van der Waals surface area contributed by atoms with Crippen LogP contribution in [-0.2, 0) is 9.47 Å². The zero-order valence-corrected chi connectivity index (χ0v) is 15.3. The molecule has 0 radical (unpaired) electrons. The fourth-order valence-corrected chi connectivity index (χ4v) is 4.45. The van der Waals surface area contributed by atoms with Gasteiger partial charge in [0.25, 0.3) is 5.91 Å². The number of carbonyl (C=O) groups is 1. The highest BCUT2D eigenvalue weighted by atomic mass is 32.1. The first kappa shape index (κ1) is 17.9. The molecular formula is C18H28N2O3S. The lowest BCUT2D eigenvalue weighted by molar-refractivity contribution is 0.00969. The lowest BCUT2D eigenvalue weighted by Gasteiger charge is -2.45. The molecular weight excluding hydrogens is 324 g/mol. The largest absolute Gasteiger partial charge is 0.385 e. The molecule has 1 aromatic rings. The predicted molar refractivity (Wildman–Crippen MR) is 95.7 cm³/mol. The van der Waals surface area contributed by atoms with E-state index in [2.05, 4.69) is 10.2 Å². The van der Waals surface area contributed by atoms with E-state index in [4.69, 9.17) is 9.47 Å². The van der Waals surface area contributed by atoms with Gasteiger partial charge in [-0.3, -0.25) is 4.79 Å². The molecule has 0 atom stereocenters. The van der Waals surface area contributed by atoms with E-state index in [-0.39, 0.29) is 11.4 Å². The van der Waals surface area contributed by atoms with Gasteiger partial charge in [0, 0.05) is 57.0 Å². The maximum Gasteiger partial charge on any atom is 0.252 e. The summed E-state index contributed by atoms with van der Waals surface area (Å²) in [6.07, 6.45) is 5.12. The topological polar surface area (TPSA) is 50.8 Å². The van der Waals surface area contributed by atoms with Crippen LogP contribution in [0.5, 0.6) is 0 Å². The highest BCUT2D eigenvalue weighted by molar-refractivity contribution is 7.08. The Hall–Kier alpha value is -0.950.